The first kappa shape index (κ1) is 26.8. The summed E-state index contributed by atoms with van der Waals surface area (Å²) >= 11 is 9.75. The summed E-state index contributed by atoms with van der Waals surface area (Å²) in [6, 6.07) is 18.1. The molecule has 9 heteroatoms. The number of ether oxygens (including phenoxy) is 2. The number of alkyl halides is 2. The Labute approximate surface area is 222 Å². The Hall–Kier alpha value is -2.26. The van der Waals surface area contributed by atoms with Crippen LogP contribution in [0.15, 0.2) is 59.1 Å². The van der Waals surface area contributed by atoms with Crippen molar-refractivity contribution in [2.24, 2.45) is 0 Å². The summed E-state index contributed by atoms with van der Waals surface area (Å²) in [5.41, 5.74) is 1.50. The van der Waals surface area contributed by atoms with Crippen LogP contribution in [0.1, 0.15) is 41.0 Å². The van der Waals surface area contributed by atoms with Crippen molar-refractivity contribution in [3.63, 3.8) is 0 Å². The monoisotopic (exact) mass is 580 g/mol. The first-order chi connectivity index (χ1) is 17.2. The molecule has 1 fully saturated rings. The molecule has 3 unspecified atom stereocenters. The molecule has 192 valence electrons. The van der Waals surface area contributed by atoms with E-state index in [2.05, 4.69) is 57.4 Å². The highest BCUT2D eigenvalue weighted by molar-refractivity contribution is 9.10. The molecule has 5 nitrogen and oxygen atoms in total. The number of nitrogens with one attached hydrogen (secondary N) is 1. The highest BCUT2D eigenvalue weighted by atomic mass is 79.9. The van der Waals surface area contributed by atoms with Gasteiger partial charge in [0, 0.05) is 16.5 Å². The maximum atomic E-state index is 12.2. The van der Waals surface area contributed by atoms with Crippen LogP contribution in [0.2, 0.25) is 5.15 Å². The number of nitrogens with zero attached hydrogens (tertiary/aromatic N) is 1. The summed E-state index contributed by atoms with van der Waals surface area (Å²) in [4.78, 5) is 4.31. The lowest BCUT2D eigenvalue weighted by molar-refractivity contribution is -0.106. The molecule has 1 aromatic heterocycles. The van der Waals surface area contributed by atoms with Crippen LogP contribution >= 0.6 is 27.5 Å². The molecule has 3 atom stereocenters. The van der Waals surface area contributed by atoms with Crippen molar-refractivity contribution in [1.29, 1.82) is 0 Å². The second-order valence-electron chi connectivity index (χ2n) is 8.98. The van der Waals surface area contributed by atoms with Crippen LogP contribution in [-0.4, -0.2) is 37.2 Å². The first-order valence-electron chi connectivity index (χ1n) is 11.6. The number of aromatic nitrogens is 1. The quantitative estimate of drug-likeness (QED) is 0.345. The molecule has 1 aliphatic carbocycles. The van der Waals surface area contributed by atoms with Crippen LogP contribution in [0.4, 0.5) is 8.78 Å². The van der Waals surface area contributed by atoms with Gasteiger partial charge in [-0.05, 0) is 50.1 Å². The molecule has 3 aromatic rings. The van der Waals surface area contributed by atoms with E-state index < -0.39 is 17.6 Å². The van der Waals surface area contributed by atoms with Crippen LogP contribution in [0, 0.1) is 6.92 Å². The van der Waals surface area contributed by atoms with E-state index in [1.807, 2.05) is 24.3 Å². The molecule has 1 saturated carbocycles. The van der Waals surface area contributed by atoms with Crippen LogP contribution in [-0.2, 0) is 11.2 Å². The zero-order chi connectivity index (χ0) is 26.1. The fourth-order valence-electron chi connectivity index (χ4n) is 5.30. The van der Waals surface area contributed by atoms with Gasteiger partial charge in [-0.15, -0.1) is 0 Å². The summed E-state index contributed by atoms with van der Waals surface area (Å²) in [6.45, 7) is 1.86. The van der Waals surface area contributed by atoms with Gasteiger partial charge in [-0.1, -0.05) is 69.5 Å². The summed E-state index contributed by atoms with van der Waals surface area (Å²) in [5.74, 6) is 0.776. The van der Waals surface area contributed by atoms with Crippen molar-refractivity contribution >= 4 is 27.5 Å². The number of aliphatic hydroxyl groups is 1. The van der Waals surface area contributed by atoms with Gasteiger partial charge in [0.25, 0.3) is 6.43 Å². The molecule has 2 aliphatic rings. The number of methoxy groups -OCH3 is 1. The van der Waals surface area contributed by atoms with E-state index in [0.717, 1.165) is 22.0 Å². The second kappa shape index (κ2) is 10.6. The highest BCUT2D eigenvalue weighted by Gasteiger charge is 2.69. The standard InChI is InChI=1S/C24H21BrClNO3.C3H7F2N/c1-14-3-5-15(6-4-14)18-11-12-23(28)21-19(13-20(26)27-22(21)29-2)30-24(18,23)16-7-9-17(25)10-8-16;1-6-2-3(4)5/h3-10,13,18,28H,11-12H2,1-2H3;3,6H,2H2,1H3. The van der Waals surface area contributed by atoms with Crippen molar-refractivity contribution in [3.8, 4) is 11.6 Å². The summed E-state index contributed by atoms with van der Waals surface area (Å²) in [5, 5.41) is 14.8. The number of rotatable bonds is 5. The van der Waals surface area contributed by atoms with E-state index in [1.54, 1.807) is 6.07 Å². The molecule has 5 rings (SSSR count). The number of pyridine rings is 1. The molecular formula is C27H28BrClF2N2O3. The van der Waals surface area contributed by atoms with Crippen LogP contribution in [0.5, 0.6) is 11.6 Å². The molecule has 0 spiro atoms. The predicted molar refractivity (Wildman–Crippen MR) is 139 cm³/mol. The normalized spacial score (nSPS) is 24.0. The maximum absolute atomic E-state index is 12.2. The smallest absolute Gasteiger partial charge is 0.250 e. The number of hydrogen-bond donors (Lipinski definition) is 2. The zero-order valence-electron chi connectivity index (χ0n) is 20.2. The Kier molecular flexibility index (Phi) is 7.90. The lowest BCUT2D eigenvalue weighted by Crippen LogP contribution is -2.48. The minimum Gasteiger partial charge on any atom is -0.481 e. The minimum atomic E-state index is -2.21. The van der Waals surface area contributed by atoms with Gasteiger partial charge in [0.1, 0.15) is 16.5 Å². The molecule has 0 bridgehead atoms. The summed E-state index contributed by atoms with van der Waals surface area (Å²) in [7, 11) is 3.03. The number of aryl methyl sites for hydroxylation is 1. The molecule has 2 aromatic carbocycles. The average Bonchev–Trinajstić information content (AvgIpc) is 3.26. The van der Waals surface area contributed by atoms with E-state index in [0.29, 0.717) is 23.6 Å². The van der Waals surface area contributed by atoms with Gasteiger partial charge in [0.2, 0.25) is 5.88 Å². The molecule has 0 saturated heterocycles. The molecule has 36 heavy (non-hydrogen) atoms. The fourth-order valence-corrected chi connectivity index (χ4v) is 5.74. The van der Waals surface area contributed by atoms with Crippen molar-refractivity contribution in [3.05, 3.63) is 86.5 Å². The van der Waals surface area contributed by atoms with E-state index in [9.17, 15) is 13.9 Å². The molecule has 2 heterocycles. The lowest BCUT2D eigenvalue weighted by Gasteiger charge is -2.40. The molecule has 1 aliphatic heterocycles. The summed E-state index contributed by atoms with van der Waals surface area (Å²) < 4.78 is 35.1. The lowest BCUT2D eigenvalue weighted by atomic mass is 9.72. The highest BCUT2D eigenvalue weighted by Crippen LogP contribution is 2.68. The topological polar surface area (TPSA) is 63.6 Å². The Morgan fingerprint density at radius 1 is 1.22 bits per heavy atom. The van der Waals surface area contributed by atoms with Gasteiger partial charge in [0.05, 0.1) is 19.2 Å². The Morgan fingerprint density at radius 3 is 2.44 bits per heavy atom. The van der Waals surface area contributed by atoms with Crippen LogP contribution in [0.3, 0.4) is 0 Å². The summed E-state index contributed by atoms with van der Waals surface area (Å²) in [6.07, 6.45) is -0.926. The Bertz CT molecular complexity index is 1210. The van der Waals surface area contributed by atoms with Gasteiger partial charge in [-0.2, -0.15) is 0 Å². The fraction of sp³-hybridized carbons (Fsp3) is 0.370. The van der Waals surface area contributed by atoms with E-state index >= 15 is 0 Å². The first-order valence-corrected chi connectivity index (χ1v) is 12.7. The van der Waals surface area contributed by atoms with Gasteiger partial charge in [-0.25, -0.2) is 13.8 Å². The average molecular weight is 582 g/mol. The third-order valence-corrected chi connectivity index (χ3v) is 7.53. The molecular weight excluding hydrogens is 554 g/mol. The van der Waals surface area contributed by atoms with E-state index in [4.69, 9.17) is 21.1 Å². The van der Waals surface area contributed by atoms with Gasteiger partial charge in [-0.3, -0.25) is 0 Å². The van der Waals surface area contributed by atoms with Crippen molar-refractivity contribution in [2.75, 3.05) is 20.7 Å². The third-order valence-electron chi connectivity index (χ3n) is 6.81. The van der Waals surface area contributed by atoms with Gasteiger partial charge in [0.15, 0.2) is 5.60 Å². The van der Waals surface area contributed by atoms with E-state index in [-0.39, 0.29) is 17.6 Å². The second-order valence-corrected chi connectivity index (χ2v) is 10.3. The van der Waals surface area contributed by atoms with Gasteiger partial charge < -0.3 is 19.9 Å². The van der Waals surface area contributed by atoms with Gasteiger partial charge >= 0.3 is 0 Å². The van der Waals surface area contributed by atoms with Crippen molar-refractivity contribution < 1.29 is 23.4 Å². The number of fused-ring (bicyclic) bond motifs is 3. The molecule has 2 N–H and O–H groups in total. The van der Waals surface area contributed by atoms with Crippen LogP contribution < -0.4 is 14.8 Å². The largest absolute Gasteiger partial charge is 0.481 e. The zero-order valence-corrected chi connectivity index (χ0v) is 22.5. The third kappa shape index (κ3) is 4.60. The van der Waals surface area contributed by atoms with Crippen LogP contribution in [0.25, 0.3) is 0 Å². The van der Waals surface area contributed by atoms with Crippen molar-refractivity contribution in [2.45, 2.75) is 43.3 Å². The van der Waals surface area contributed by atoms with Crippen molar-refractivity contribution in [1.82, 2.24) is 10.3 Å². The predicted octanol–water partition coefficient (Wildman–Crippen LogP) is 6.34. The molecule has 0 radical (unpaired) electrons. The number of benzene rings is 2. The number of halogens is 4. The Morgan fingerprint density at radius 2 is 1.89 bits per heavy atom. The van der Waals surface area contributed by atoms with E-state index in [1.165, 1.54) is 19.7 Å². The SMILES string of the molecule is CNCC(F)F.COc1nc(Cl)cc2c1C1(O)CCC(c3ccc(C)cc3)C1(c1ccc(Br)cc1)O2. The number of hydrogen-bond acceptors (Lipinski definition) is 5. The Balaban J connectivity index is 0.000000455. The minimum absolute atomic E-state index is 0.0554. The maximum Gasteiger partial charge on any atom is 0.250 e. The molecule has 0 amide bonds.